The van der Waals surface area contributed by atoms with Crippen LogP contribution in [0.2, 0.25) is 0 Å². The zero-order valence-corrected chi connectivity index (χ0v) is 11.6. The maximum absolute atomic E-state index is 13.2. The molecule has 0 radical (unpaired) electrons. The first-order valence-electron chi connectivity index (χ1n) is 5.98. The molecule has 96 valence electrons. The van der Waals surface area contributed by atoms with Crippen LogP contribution < -0.4 is 5.73 Å². The first kappa shape index (κ1) is 13.2. The predicted octanol–water partition coefficient (Wildman–Crippen LogP) is 3.91. The van der Waals surface area contributed by atoms with Gasteiger partial charge in [0.2, 0.25) is 0 Å². The molecule has 1 aromatic heterocycles. The third-order valence-electron chi connectivity index (χ3n) is 2.91. The topological polar surface area (TPSA) is 38.9 Å². The molecule has 2 nitrogen and oxygen atoms in total. The maximum Gasteiger partial charge on any atom is 0.123 e. The lowest BCUT2D eigenvalue weighted by Crippen LogP contribution is -2.16. The molecule has 0 aliphatic heterocycles. The van der Waals surface area contributed by atoms with Crippen LogP contribution in [0.5, 0.6) is 0 Å². The average molecular weight is 264 g/mol. The van der Waals surface area contributed by atoms with E-state index in [1.807, 2.05) is 13.0 Å². The fourth-order valence-corrected chi connectivity index (χ4v) is 2.87. The van der Waals surface area contributed by atoms with Gasteiger partial charge in [0.25, 0.3) is 0 Å². The zero-order valence-electron chi connectivity index (χ0n) is 10.8. The van der Waals surface area contributed by atoms with Gasteiger partial charge < -0.3 is 5.73 Å². The minimum absolute atomic E-state index is 0.0593. The number of hydrogen-bond acceptors (Lipinski definition) is 3. The van der Waals surface area contributed by atoms with Gasteiger partial charge in [0.05, 0.1) is 11.7 Å². The van der Waals surface area contributed by atoms with Crippen LogP contribution in [0.15, 0.2) is 24.3 Å². The van der Waals surface area contributed by atoms with Crippen molar-refractivity contribution in [2.75, 3.05) is 0 Å². The van der Waals surface area contributed by atoms with Crippen molar-refractivity contribution < 1.29 is 4.39 Å². The Balaban J connectivity index is 2.41. The summed E-state index contributed by atoms with van der Waals surface area (Å²) < 4.78 is 13.2. The van der Waals surface area contributed by atoms with Crippen LogP contribution >= 0.6 is 11.3 Å². The summed E-state index contributed by atoms with van der Waals surface area (Å²) in [6.45, 7) is 6.14. The summed E-state index contributed by atoms with van der Waals surface area (Å²) in [5, 5.41) is 0.918. The first-order chi connectivity index (χ1) is 8.49. The highest BCUT2D eigenvalue weighted by atomic mass is 32.1. The monoisotopic (exact) mass is 264 g/mol. The Kier molecular flexibility index (Phi) is 3.78. The van der Waals surface area contributed by atoms with Gasteiger partial charge in [-0.15, -0.1) is 11.3 Å². The Labute approximate surface area is 111 Å². The Morgan fingerprint density at radius 1 is 1.33 bits per heavy atom. The van der Waals surface area contributed by atoms with E-state index in [1.165, 1.54) is 12.1 Å². The van der Waals surface area contributed by atoms with Gasteiger partial charge >= 0.3 is 0 Å². The van der Waals surface area contributed by atoms with Gasteiger partial charge in [-0.2, -0.15) is 0 Å². The molecule has 1 atom stereocenters. The Morgan fingerprint density at radius 3 is 2.67 bits per heavy atom. The van der Waals surface area contributed by atoms with Crippen LogP contribution in [-0.4, -0.2) is 4.98 Å². The molecule has 0 aliphatic carbocycles. The molecule has 0 amide bonds. The third kappa shape index (κ3) is 2.60. The van der Waals surface area contributed by atoms with E-state index in [2.05, 4.69) is 18.8 Å². The average Bonchev–Trinajstić information content (AvgIpc) is 2.70. The SMILES string of the molecule is Cc1sc(C(N)C(C)C)nc1-c1cccc(F)c1. The number of aryl methyl sites for hydroxylation is 1. The second-order valence-corrected chi connectivity index (χ2v) is 5.97. The standard InChI is InChI=1S/C14H17FN2S/c1-8(2)12(16)14-17-13(9(3)18-14)10-5-4-6-11(15)7-10/h4-8,12H,16H2,1-3H3. The van der Waals surface area contributed by atoms with E-state index >= 15 is 0 Å². The summed E-state index contributed by atoms with van der Waals surface area (Å²) >= 11 is 1.59. The van der Waals surface area contributed by atoms with Crippen molar-refractivity contribution in [2.45, 2.75) is 26.8 Å². The van der Waals surface area contributed by atoms with Crippen molar-refractivity contribution in [1.29, 1.82) is 0 Å². The fraction of sp³-hybridized carbons (Fsp3) is 0.357. The van der Waals surface area contributed by atoms with Crippen LogP contribution in [0.1, 0.15) is 29.8 Å². The van der Waals surface area contributed by atoms with Crippen LogP contribution in [-0.2, 0) is 0 Å². The van der Waals surface area contributed by atoms with E-state index < -0.39 is 0 Å². The second-order valence-electron chi connectivity index (χ2n) is 4.74. The number of rotatable bonds is 3. The van der Waals surface area contributed by atoms with Crippen LogP contribution in [0, 0.1) is 18.7 Å². The van der Waals surface area contributed by atoms with Gasteiger partial charge in [-0.3, -0.25) is 0 Å². The number of hydrogen-bond donors (Lipinski definition) is 1. The fourth-order valence-electron chi connectivity index (χ4n) is 1.75. The summed E-state index contributed by atoms with van der Waals surface area (Å²) in [5.41, 5.74) is 7.75. The molecule has 4 heteroatoms. The van der Waals surface area contributed by atoms with Gasteiger partial charge in [0.1, 0.15) is 10.8 Å². The van der Waals surface area contributed by atoms with Gasteiger partial charge in [0, 0.05) is 10.4 Å². The largest absolute Gasteiger partial charge is 0.322 e. The van der Waals surface area contributed by atoms with E-state index in [9.17, 15) is 4.39 Å². The molecule has 0 bridgehead atoms. The number of benzene rings is 1. The number of aromatic nitrogens is 1. The van der Waals surface area contributed by atoms with Crippen LogP contribution in [0.25, 0.3) is 11.3 Å². The van der Waals surface area contributed by atoms with Crippen molar-refractivity contribution in [3.63, 3.8) is 0 Å². The molecular weight excluding hydrogens is 247 g/mol. The minimum Gasteiger partial charge on any atom is -0.322 e. The number of halogens is 1. The predicted molar refractivity (Wildman–Crippen MR) is 74.0 cm³/mol. The van der Waals surface area contributed by atoms with Crippen LogP contribution in [0.4, 0.5) is 4.39 Å². The second kappa shape index (κ2) is 5.16. The lowest BCUT2D eigenvalue weighted by Gasteiger charge is -2.11. The molecular formula is C14H17FN2S. The van der Waals surface area contributed by atoms with E-state index in [0.29, 0.717) is 5.92 Å². The quantitative estimate of drug-likeness (QED) is 0.912. The first-order valence-corrected chi connectivity index (χ1v) is 6.79. The van der Waals surface area contributed by atoms with Gasteiger partial charge in [-0.1, -0.05) is 26.0 Å². The zero-order chi connectivity index (χ0) is 13.3. The van der Waals surface area contributed by atoms with Gasteiger partial charge in [0.15, 0.2) is 0 Å². The highest BCUT2D eigenvalue weighted by molar-refractivity contribution is 7.12. The molecule has 2 aromatic rings. The normalized spacial score (nSPS) is 13.0. The van der Waals surface area contributed by atoms with Crippen molar-refractivity contribution in [1.82, 2.24) is 4.98 Å². The number of nitrogens with zero attached hydrogens (tertiary/aromatic N) is 1. The third-order valence-corrected chi connectivity index (χ3v) is 3.99. The molecule has 18 heavy (non-hydrogen) atoms. The molecule has 1 aromatic carbocycles. The van der Waals surface area contributed by atoms with Crippen molar-refractivity contribution >= 4 is 11.3 Å². The van der Waals surface area contributed by atoms with Gasteiger partial charge in [-0.05, 0) is 25.0 Å². The summed E-state index contributed by atoms with van der Waals surface area (Å²) in [5.74, 6) is 0.102. The smallest absolute Gasteiger partial charge is 0.123 e. The highest BCUT2D eigenvalue weighted by Crippen LogP contribution is 2.32. The lowest BCUT2D eigenvalue weighted by atomic mass is 10.1. The molecule has 2 N–H and O–H groups in total. The highest BCUT2D eigenvalue weighted by Gasteiger charge is 2.17. The van der Waals surface area contributed by atoms with E-state index in [1.54, 1.807) is 17.4 Å². The summed E-state index contributed by atoms with van der Waals surface area (Å²) in [6.07, 6.45) is 0. The number of nitrogens with two attached hydrogens (primary N) is 1. The molecule has 2 rings (SSSR count). The molecule has 0 spiro atoms. The lowest BCUT2D eigenvalue weighted by molar-refractivity contribution is 0.512. The Bertz CT molecular complexity index is 548. The van der Waals surface area contributed by atoms with Crippen LogP contribution in [0.3, 0.4) is 0 Å². The number of thiazole rings is 1. The maximum atomic E-state index is 13.2. The van der Waals surface area contributed by atoms with E-state index in [4.69, 9.17) is 5.73 Å². The summed E-state index contributed by atoms with van der Waals surface area (Å²) in [4.78, 5) is 5.64. The molecule has 0 aliphatic rings. The van der Waals surface area contributed by atoms with Crippen molar-refractivity contribution in [3.8, 4) is 11.3 Å². The summed E-state index contributed by atoms with van der Waals surface area (Å²) in [7, 11) is 0. The Hall–Kier alpha value is -1.26. The Morgan fingerprint density at radius 2 is 2.06 bits per heavy atom. The van der Waals surface area contributed by atoms with E-state index in [0.717, 1.165) is 21.1 Å². The molecule has 0 fully saturated rings. The molecule has 0 saturated carbocycles. The molecule has 1 heterocycles. The minimum atomic E-state index is -0.241. The summed E-state index contributed by atoms with van der Waals surface area (Å²) in [6, 6.07) is 6.45. The van der Waals surface area contributed by atoms with E-state index in [-0.39, 0.29) is 11.9 Å². The van der Waals surface area contributed by atoms with Crippen molar-refractivity contribution in [3.05, 3.63) is 40.0 Å². The van der Waals surface area contributed by atoms with Crippen molar-refractivity contribution in [2.24, 2.45) is 11.7 Å². The van der Waals surface area contributed by atoms with Gasteiger partial charge in [-0.25, -0.2) is 9.37 Å². The molecule has 0 saturated heterocycles. The molecule has 1 unspecified atom stereocenters.